The number of primary amides is 1. The van der Waals surface area contributed by atoms with Crippen LogP contribution in [-0.2, 0) is 9.59 Å². The maximum atomic E-state index is 12.0. The lowest BCUT2D eigenvalue weighted by Gasteiger charge is -2.31. The van der Waals surface area contributed by atoms with Crippen molar-refractivity contribution in [1.82, 2.24) is 10.2 Å². The van der Waals surface area contributed by atoms with Gasteiger partial charge in [0.1, 0.15) is 0 Å². The summed E-state index contributed by atoms with van der Waals surface area (Å²) in [5.74, 6) is -2.38. The minimum absolute atomic E-state index is 0.0972. The fraction of sp³-hybridized carbons (Fsp3) is 0.778. The van der Waals surface area contributed by atoms with E-state index in [1.165, 1.54) is 0 Å². The second-order valence-electron chi connectivity index (χ2n) is 3.99. The topological polar surface area (TPSA) is 75.4 Å². The molecule has 3 N–H and O–H groups in total. The van der Waals surface area contributed by atoms with Gasteiger partial charge < -0.3 is 11.1 Å². The molecule has 1 heterocycles. The highest BCUT2D eigenvalue weighted by Gasteiger charge is 2.40. The molecular weight excluding hydrogens is 239 g/mol. The fourth-order valence-electron chi connectivity index (χ4n) is 1.72. The van der Waals surface area contributed by atoms with Crippen LogP contribution in [0.25, 0.3) is 0 Å². The molecule has 0 spiro atoms. The number of nitrogens with one attached hydrogen (secondary N) is 1. The van der Waals surface area contributed by atoms with Gasteiger partial charge in [0.25, 0.3) is 0 Å². The average molecular weight is 253 g/mol. The van der Waals surface area contributed by atoms with Crippen LogP contribution >= 0.6 is 0 Å². The van der Waals surface area contributed by atoms with Gasteiger partial charge in [0.05, 0.1) is 6.54 Å². The monoisotopic (exact) mass is 253 g/mol. The molecule has 0 aromatic heterocycles. The summed E-state index contributed by atoms with van der Waals surface area (Å²) < 4.78 is 35.9. The summed E-state index contributed by atoms with van der Waals surface area (Å²) >= 11 is 0. The molecular formula is C9H14F3N3O2. The maximum absolute atomic E-state index is 12.0. The Morgan fingerprint density at radius 2 is 1.82 bits per heavy atom. The summed E-state index contributed by atoms with van der Waals surface area (Å²) in [7, 11) is 0. The zero-order valence-electron chi connectivity index (χ0n) is 9.09. The van der Waals surface area contributed by atoms with Gasteiger partial charge in [-0.05, 0) is 12.8 Å². The molecule has 1 fully saturated rings. The van der Waals surface area contributed by atoms with Gasteiger partial charge >= 0.3 is 12.1 Å². The molecule has 5 nitrogen and oxygen atoms in total. The number of rotatable bonds is 3. The number of hydrogen-bond acceptors (Lipinski definition) is 3. The third kappa shape index (κ3) is 4.59. The SMILES string of the molecule is NC(=O)CN1CCC(NC(=O)C(F)(F)F)CC1. The van der Waals surface area contributed by atoms with Crippen LogP contribution in [-0.4, -0.2) is 48.6 Å². The van der Waals surface area contributed by atoms with Crippen molar-refractivity contribution in [2.45, 2.75) is 25.1 Å². The molecule has 0 bridgehead atoms. The Bertz CT molecular complexity index is 298. The van der Waals surface area contributed by atoms with E-state index in [0.29, 0.717) is 25.9 Å². The minimum atomic E-state index is -4.84. The molecule has 98 valence electrons. The van der Waals surface area contributed by atoms with Crippen LogP contribution < -0.4 is 11.1 Å². The smallest absolute Gasteiger partial charge is 0.369 e. The molecule has 2 amide bonds. The Morgan fingerprint density at radius 3 is 2.24 bits per heavy atom. The normalized spacial score (nSPS) is 19.0. The molecule has 0 radical (unpaired) electrons. The van der Waals surface area contributed by atoms with Crippen LogP contribution in [0, 0.1) is 0 Å². The predicted molar refractivity (Wildman–Crippen MR) is 52.9 cm³/mol. The van der Waals surface area contributed by atoms with Crippen molar-refractivity contribution in [2.24, 2.45) is 5.73 Å². The summed E-state index contributed by atoms with van der Waals surface area (Å²) in [6.07, 6.45) is -4.07. The van der Waals surface area contributed by atoms with Gasteiger partial charge in [0.15, 0.2) is 0 Å². The van der Waals surface area contributed by atoms with Crippen LogP contribution in [0.2, 0.25) is 0 Å². The summed E-state index contributed by atoms with van der Waals surface area (Å²) in [5, 5.41) is 1.93. The number of carbonyl (C=O) groups excluding carboxylic acids is 2. The van der Waals surface area contributed by atoms with E-state index in [9.17, 15) is 22.8 Å². The lowest BCUT2D eigenvalue weighted by molar-refractivity contribution is -0.174. The van der Waals surface area contributed by atoms with Crippen molar-refractivity contribution in [3.8, 4) is 0 Å². The van der Waals surface area contributed by atoms with Gasteiger partial charge in [-0.25, -0.2) is 0 Å². The van der Waals surface area contributed by atoms with E-state index >= 15 is 0 Å². The van der Waals surface area contributed by atoms with E-state index in [1.54, 1.807) is 4.90 Å². The van der Waals surface area contributed by atoms with E-state index in [4.69, 9.17) is 5.73 Å². The number of nitrogens with two attached hydrogens (primary N) is 1. The first-order chi connectivity index (χ1) is 7.79. The van der Waals surface area contributed by atoms with Gasteiger partial charge in [0, 0.05) is 19.1 Å². The standard InChI is InChI=1S/C9H14F3N3O2/c10-9(11,12)8(17)14-6-1-3-15(4-2-6)5-7(13)16/h6H,1-5H2,(H2,13,16)(H,14,17). The highest BCUT2D eigenvalue weighted by atomic mass is 19.4. The lowest BCUT2D eigenvalue weighted by Crippen LogP contribution is -2.49. The molecule has 1 saturated heterocycles. The number of likely N-dealkylation sites (tertiary alicyclic amines) is 1. The van der Waals surface area contributed by atoms with Crippen molar-refractivity contribution in [3.05, 3.63) is 0 Å². The van der Waals surface area contributed by atoms with Gasteiger partial charge in [-0.15, -0.1) is 0 Å². The van der Waals surface area contributed by atoms with Gasteiger partial charge in [-0.1, -0.05) is 0 Å². The second-order valence-corrected chi connectivity index (χ2v) is 3.99. The molecule has 0 aromatic rings. The average Bonchev–Trinajstić information content (AvgIpc) is 2.18. The number of nitrogens with zero attached hydrogens (tertiary/aromatic N) is 1. The third-order valence-corrected chi connectivity index (χ3v) is 2.56. The fourth-order valence-corrected chi connectivity index (χ4v) is 1.72. The van der Waals surface area contributed by atoms with Crippen molar-refractivity contribution < 1.29 is 22.8 Å². The van der Waals surface area contributed by atoms with Gasteiger partial charge in [0.2, 0.25) is 5.91 Å². The number of piperidine rings is 1. The highest BCUT2D eigenvalue weighted by Crippen LogP contribution is 2.17. The molecule has 0 atom stereocenters. The Balaban J connectivity index is 2.33. The first kappa shape index (κ1) is 13.8. The zero-order chi connectivity index (χ0) is 13.1. The molecule has 0 saturated carbocycles. The summed E-state index contributed by atoms with van der Waals surface area (Å²) in [4.78, 5) is 23.0. The summed E-state index contributed by atoms with van der Waals surface area (Å²) in [6, 6.07) is -0.492. The van der Waals surface area contributed by atoms with E-state index in [2.05, 4.69) is 0 Å². The van der Waals surface area contributed by atoms with Crippen LogP contribution in [0.5, 0.6) is 0 Å². The molecule has 17 heavy (non-hydrogen) atoms. The quantitative estimate of drug-likeness (QED) is 0.719. The Labute approximate surface area is 96.1 Å². The van der Waals surface area contributed by atoms with Crippen LogP contribution in [0.3, 0.4) is 0 Å². The molecule has 1 aliphatic rings. The summed E-state index contributed by atoms with van der Waals surface area (Å²) in [6.45, 7) is 0.997. The van der Waals surface area contributed by atoms with E-state index in [0.717, 1.165) is 0 Å². The number of halogens is 3. The minimum Gasteiger partial charge on any atom is -0.369 e. The Hall–Kier alpha value is -1.31. The predicted octanol–water partition coefficient (Wildman–Crippen LogP) is -0.385. The van der Waals surface area contributed by atoms with Crippen molar-refractivity contribution in [2.75, 3.05) is 19.6 Å². The number of alkyl halides is 3. The molecule has 8 heteroatoms. The Morgan fingerprint density at radius 1 is 1.29 bits per heavy atom. The number of hydrogen-bond donors (Lipinski definition) is 2. The highest BCUT2D eigenvalue weighted by molar-refractivity contribution is 5.81. The Kier molecular flexibility index (Phi) is 4.33. The first-order valence-electron chi connectivity index (χ1n) is 5.17. The largest absolute Gasteiger partial charge is 0.471 e. The van der Waals surface area contributed by atoms with Crippen LogP contribution in [0.4, 0.5) is 13.2 Å². The van der Waals surface area contributed by atoms with Crippen molar-refractivity contribution in [1.29, 1.82) is 0 Å². The van der Waals surface area contributed by atoms with Gasteiger partial charge in [-0.2, -0.15) is 13.2 Å². The van der Waals surface area contributed by atoms with E-state index < -0.39 is 24.0 Å². The molecule has 1 aliphatic heterocycles. The van der Waals surface area contributed by atoms with Crippen LogP contribution in [0.15, 0.2) is 0 Å². The molecule has 1 rings (SSSR count). The van der Waals surface area contributed by atoms with E-state index in [1.807, 2.05) is 5.32 Å². The molecule has 0 aromatic carbocycles. The maximum Gasteiger partial charge on any atom is 0.471 e. The molecule has 0 aliphatic carbocycles. The lowest BCUT2D eigenvalue weighted by atomic mass is 10.1. The van der Waals surface area contributed by atoms with Gasteiger partial charge in [-0.3, -0.25) is 14.5 Å². The number of carbonyl (C=O) groups is 2. The first-order valence-corrected chi connectivity index (χ1v) is 5.17. The van der Waals surface area contributed by atoms with Crippen molar-refractivity contribution in [3.63, 3.8) is 0 Å². The number of amides is 2. The third-order valence-electron chi connectivity index (χ3n) is 2.56. The zero-order valence-corrected chi connectivity index (χ0v) is 9.09. The summed E-state index contributed by atoms with van der Waals surface area (Å²) in [5.41, 5.74) is 5.00. The van der Waals surface area contributed by atoms with Crippen LogP contribution in [0.1, 0.15) is 12.8 Å². The second kappa shape index (κ2) is 5.35. The molecule has 0 unspecified atom stereocenters. The van der Waals surface area contributed by atoms with Crippen molar-refractivity contribution >= 4 is 11.8 Å². The van der Waals surface area contributed by atoms with E-state index in [-0.39, 0.29) is 6.54 Å².